The lowest BCUT2D eigenvalue weighted by atomic mass is 10.0. The van der Waals surface area contributed by atoms with Gasteiger partial charge in [-0.25, -0.2) is 4.79 Å². The van der Waals surface area contributed by atoms with Crippen LogP contribution in [0.5, 0.6) is 11.5 Å². The zero-order valence-corrected chi connectivity index (χ0v) is 17.0. The monoisotopic (exact) mass is 396 g/mol. The Balaban J connectivity index is 1.70. The highest BCUT2D eigenvalue weighted by atomic mass is 16.5. The normalized spacial score (nSPS) is 21.7. The van der Waals surface area contributed by atoms with Crippen molar-refractivity contribution >= 4 is 11.7 Å². The third-order valence-electron chi connectivity index (χ3n) is 5.93. The van der Waals surface area contributed by atoms with Gasteiger partial charge in [-0.15, -0.1) is 0 Å². The maximum Gasteiger partial charge on any atom is 0.338 e. The van der Waals surface area contributed by atoms with Gasteiger partial charge in [0, 0.05) is 30.4 Å². The molecule has 1 N–H and O–H groups in total. The van der Waals surface area contributed by atoms with Crippen molar-refractivity contribution in [3.63, 3.8) is 0 Å². The van der Waals surface area contributed by atoms with Gasteiger partial charge in [0.05, 0.1) is 19.3 Å². The Bertz CT molecular complexity index is 868. The van der Waals surface area contributed by atoms with Crippen molar-refractivity contribution in [3.8, 4) is 11.5 Å². The molecule has 2 saturated heterocycles. The summed E-state index contributed by atoms with van der Waals surface area (Å²) in [4.78, 5) is 16.8. The molecular formula is C23H28N2O4. The van der Waals surface area contributed by atoms with Crippen LogP contribution in [-0.4, -0.2) is 48.8 Å². The molecule has 0 aliphatic carbocycles. The summed E-state index contributed by atoms with van der Waals surface area (Å²) in [5, 5.41) is 10.8. The minimum Gasteiger partial charge on any atom is -0.504 e. The van der Waals surface area contributed by atoms with E-state index in [9.17, 15) is 9.90 Å². The highest BCUT2D eigenvalue weighted by Gasteiger charge is 2.42. The number of nitrogens with zero attached hydrogens (tertiary/aromatic N) is 2. The molecule has 2 aromatic rings. The van der Waals surface area contributed by atoms with Crippen LogP contribution in [0.4, 0.5) is 5.69 Å². The molecule has 6 heteroatoms. The van der Waals surface area contributed by atoms with Gasteiger partial charge in [0.2, 0.25) is 0 Å². The molecule has 2 aromatic carbocycles. The Labute approximate surface area is 171 Å². The molecule has 29 heavy (non-hydrogen) atoms. The van der Waals surface area contributed by atoms with E-state index >= 15 is 0 Å². The molecule has 0 amide bonds. The molecule has 0 saturated carbocycles. The minimum absolute atomic E-state index is 0.0659. The predicted octanol–water partition coefficient (Wildman–Crippen LogP) is 3.95. The average molecular weight is 396 g/mol. The van der Waals surface area contributed by atoms with E-state index in [1.807, 2.05) is 36.4 Å². The van der Waals surface area contributed by atoms with Crippen LogP contribution in [0, 0.1) is 0 Å². The third-order valence-corrected chi connectivity index (χ3v) is 5.93. The lowest BCUT2D eigenvalue weighted by molar-refractivity contribution is 0.0526. The SMILES string of the molecule is CCOC(=O)c1ccc(N2C[C@@H]3CCCCN3[C@H]2c2cccc(OC)c2O)cc1. The fraction of sp³-hybridized carbons (Fsp3) is 0.435. The van der Waals surface area contributed by atoms with Crippen LogP contribution in [0.1, 0.15) is 48.3 Å². The van der Waals surface area contributed by atoms with Crippen LogP contribution >= 0.6 is 0 Å². The molecule has 0 unspecified atom stereocenters. The Hall–Kier alpha value is -2.73. The highest BCUT2D eigenvalue weighted by molar-refractivity contribution is 5.89. The number of hydrogen-bond acceptors (Lipinski definition) is 6. The van der Waals surface area contributed by atoms with Crippen molar-refractivity contribution in [1.29, 1.82) is 0 Å². The zero-order chi connectivity index (χ0) is 20.4. The van der Waals surface area contributed by atoms with Crippen LogP contribution in [0.25, 0.3) is 0 Å². The van der Waals surface area contributed by atoms with Gasteiger partial charge in [0.25, 0.3) is 0 Å². The quantitative estimate of drug-likeness (QED) is 0.772. The first kappa shape index (κ1) is 19.6. The zero-order valence-electron chi connectivity index (χ0n) is 17.0. The minimum atomic E-state index is -0.306. The van der Waals surface area contributed by atoms with Gasteiger partial charge in [-0.05, 0) is 50.1 Å². The van der Waals surface area contributed by atoms with Crippen molar-refractivity contribution in [1.82, 2.24) is 4.90 Å². The second-order valence-corrected chi connectivity index (χ2v) is 7.58. The number of benzene rings is 2. The topological polar surface area (TPSA) is 62.2 Å². The molecule has 2 heterocycles. The second-order valence-electron chi connectivity index (χ2n) is 7.58. The lowest BCUT2D eigenvalue weighted by Crippen LogP contribution is -2.37. The molecule has 4 rings (SSSR count). The number of fused-ring (bicyclic) bond motifs is 1. The van der Waals surface area contributed by atoms with Crippen LogP contribution < -0.4 is 9.64 Å². The second kappa shape index (κ2) is 8.33. The lowest BCUT2D eigenvalue weighted by Gasteiger charge is -2.35. The number of anilines is 1. The van der Waals surface area contributed by atoms with E-state index < -0.39 is 0 Å². The van der Waals surface area contributed by atoms with Gasteiger partial charge >= 0.3 is 5.97 Å². The number of para-hydroxylation sites is 1. The summed E-state index contributed by atoms with van der Waals surface area (Å²) in [6.07, 6.45) is 3.48. The summed E-state index contributed by atoms with van der Waals surface area (Å²) in [7, 11) is 1.57. The molecule has 6 nitrogen and oxygen atoms in total. The van der Waals surface area contributed by atoms with Crippen molar-refractivity contribution in [2.45, 2.75) is 38.4 Å². The van der Waals surface area contributed by atoms with Gasteiger partial charge in [-0.2, -0.15) is 0 Å². The molecule has 2 atom stereocenters. The molecule has 0 spiro atoms. The predicted molar refractivity (Wildman–Crippen MR) is 111 cm³/mol. The smallest absolute Gasteiger partial charge is 0.338 e. The van der Waals surface area contributed by atoms with E-state index in [0.717, 1.165) is 37.2 Å². The van der Waals surface area contributed by atoms with Gasteiger partial charge in [-0.3, -0.25) is 4.90 Å². The van der Waals surface area contributed by atoms with E-state index in [0.29, 0.717) is 24.0 Å². The van der Waals surface area contributed by atoms with Gasteiger partial charge in [0.1, 0.15) is 6.17 Å². The number of phenolic OH excluding ortho intramolecular Hbond substituents is 1. The van der Waals surface area contributed by atoms with Crippen molar-refractivity contribution in [2.24, 2.45) is 0 Å². The summed E-state index contributed by atoms with van der Waals surface area (Å²) in [6, 6.07) is 13.7. The van der Waals surface area contributed by atoms with Gasteiger partial charge in [-0.1, -0.05) is 18.6 Å². The van der Waals surface area contributed by atoms with Gasteiger partial charge in [0.15, 0.2) is 11.5 Å². The van der Waals surface area contributed by atoms with E-state index in [4.69, 9.17) is 9.47 Å². The van der Waals surface area contributed by atoms with Crippen LogP contribution in [0.15, 0.2) is 42.5 Å². The Morgan fingerprint density at radius 1 is 1.17 bits per heavy atom. The number of carbonyl (C=O) groups is 1. The largest absolute Gasteiger partial charge is 0.504 e. The molecule has 154 valence electrons. The molecule has 0 radical (unpaired) electrons. The number of esters is 1. The maximum atomic E-state index is 12.0. The first-order chi connectivity index (χ1) is 14.1. The van der Waals surface area contributed by atoms with Crippen LogP contribution in [0.3, 0.4) is 0 Å². The Morgan fingerprint density at radius 2 is 1.97 bits per heavy atom. The number of carbonyl (C=O) groups excluding carboxylic acids is 1. The average Bonchev–Trinajstić information content (AvgIpc) is 3.13. The number of ether oxygens (including phenoxy) is 2. The maximum absolute atomic E-state index is 12.0. The fourth-order valence-corrected chi connectivity index (χ4v) is 4.56. The number of aromatic hydroxyl groups is 1. The summed E-state index contributed by atoms with van der Waals surface area (Å²) in [5.74, 6) is 0.375. The molecule has 2 fully saturated rings. The standard InChI is InChI=1S/C23H28N2O4/c1-3-29-23(27)16-10-12-17(13-11-16)25-15-18-7-4-5-14-24(18)22(25)19-8-6-9-20(28-2)21(19)26/h6,8-13,18,22,26H,3-5,7,14-15H2,1-2H3/t18-,22+/m0/s1. The Morgan fingerprint density at radius 3 is 2.69 bits per heavy atom. The fourth-order valence-electron chi connectivity index (χ4n) is 4.56. The number of rotatable bonds is 5. The molecule has 2 aliphatic rings. The molecule has 0 aromatic heterocycles. The van der Waals surface area contributed by atoms with E-state index in [1.54, 1.807) is 20.1 Å². The van der Waals surface area contributed by atoms with E-state index in [2.05, 4.69) is 9.80 Å². The summed E-state index contributed by atoms with van der Waals surface area (Å²) < 4.78 is 10.4. The summed E-state index contributed by atoms with van der Waals surface area (Å²) >= 11 is 0. The molecule has 2 aliphatic heterocycles. The molecule has 0 bridgehead atoms. The number of piperidine rings is 1. The number of hydrogen-bond donors (Lipinski definition) is 1. The first-order valence-electron chi connectivity index (χ1n) is 10.3. The highest BCUT2D eigenvalue weighted by Crippen LogP contribution is 2.45. The number of methoxy groups -OCH3 is 1. The van der Waals surface area contributed by atoms with Crippen molar-refractivity contribution in [3.05, 3.63) is 53.6 Å². The van der Waals surface area contributed by atoms with Gasteiger partial charge < -0.3 is 19.5 Å². The summed E-state index contributed by atoms with van der Waals surface area (Å²) in [5.41, 5.74) is 2.43. The van der Waals surface area contributed by atoms with Crippen LogP contribution in [0.2, 0.25) is 0 Å². The Kier molecular flexibility index (Phi) is 5.62. The summed E-state index contributed by atoms with van der Waals surface area (Å²) in [6.45, 7) is 4.06. The van der Waals surface area contributed by atoms with E-state index in [-0.39, 0.29) is 17.9 Å². The third kappa shape index (κ3) is 3.65. The van der Waals surface area contributed by atoms with E-state index in [1.165, 1.54) is 6.42 Å². The van der Waals surface area contributed by atoms with Crippen molar-refractivity contribution < 1.29 is 19.4 Å². The van der Waals surface area contributed by atoms with Crippen molar-refractivity contribution in [2.75, 3.05) is 31.7 Å². The first-order valence-corrected chi connectivity index (χ1v) is 10.3. The number of phenols is 1. The molecular weight excluding hydrogens is 368 g/mol. The van der Waals surface area contributed by atoms with Crippen LogP contribution in [-0.2, 0) is 4.74 Å².